The van der Waals surface area contributed by atoms with Crippen LogP contribution in [0.4, 0.5) is 0 Å². The fraction of sp³-hybridized carbons (Fsp3) is 1.00. The van der Waals surface area contributed by atoms with Gasteiger partial charge in [0.15, 0.2) is 0 Å². The Hall–Kier alpha value is -0.0400. The number of nitrogens with one attached hydrogen (secondary N) is 1. The maximum absolute atomic E-state index is 3.89. The first-order valence-electron chi connectivity index (χ1n) is 8.20. The topological polar surface area (TPSA) is 12.0 Å². The van der Waals surface area contributed by atoms with Crippen molar-refractivity contribution < 1.29 is 0 Å². The van der Waals surface area contributed by atoms with E-state index >= 15 is 0 Å². The molecule has 106 valence electrons. The molecule has 0 aromatic heterocycles. The van der Waals surface area contributed by atoms with Crippen molar-refractivity contribution in [2.45, 2.75) is 78.7 Å². The molecule has 0 radical (unpaired) electrons. The zero-order valence-corrected chi connectivity index (χ0v) is 13.0. The lowest BCUT2D eigenvalue weighted by molar-refractivity contribution is 0.142. The van der Waals surface area contributed by atoms with E-state index in [1.807, 2.05) is 0 Å². The minimum Gasteiger partial charge on any atom is -0.313 e. The van der Waals surface area contributed by atoms with Gasteiger partial charge in [0.25, 0.3) is 0 Å². The van der Waals surface area contributed by atoms with Crippen LogP contribution in [0.5, 0.6) is 0 Å². The van der Waals surface area contributed by atoms with Crippen molar-refractivity contribution in [1.82, 2.24) is 5.32 Å². The predicted molar refractivity (Wildman–Crippen MR) is 79.7 cm³/mol. The molecule has 0 aromatic carbocycles. The number of rotatable bonds is 3. The Kier molecular flexibility index (Phi) is 4.75. The van der Waals surface area contributed by atoms with Gasteiger partial charge < -0.3 is 5.32 Å². The fourth-order valence-corrected chi connectivity index (χ4v) is 4.10. The second-order valence-corrected chi connectivity index (χ2v) is 8.02. The molecule has 0 aliphatic heterocycles. The summed E-state index contributed by atoms with van der Waals surface area (Å²) < 4.78 is 0. The SMILES string of the molecule is CC1CCC(CNC2CCC(C)(C)CC2C)CC1. The van der Waals surface area contributed by atoms with Crippen LogP contribution >= 0.6 is 0 Å². The Morgan fingerprint density at radius 3 is 2.28 bits per heavy atom. The lowest BCUT2D eigenvalue weighted by Crippen LogP contribution is -2.43. The first kappa shape index (κ1) is 14.4. The lowest BCUT2D eigenvalue weighted by atomic mass is 9.70. The molecule has 2 fully saturated rings. The first-order valence-corrected chi connectivity index (χ1v) is 8.20. The smallest absolute Gasteiger partial charge is 0.00932 e. The van der Waals surface area contributed by atoms with Crippen molar-refractivity contribution >= 4 is 0 Å². The normalized spacial score (nSPS) is 40.7. The van der Waals surface area contributed by atoms with Crippen LogP contribution < -0.4 is 5.32 Å². The predicted octanol–water partition coefficient (Wildman–Crippen LogP) is 4.62. The van der Waals surface area contributed by atoms with Crippen LogP contribution in [-0.2, 0) is 0 Å². The minimum atomic E-state index is 0.581. The Labute approximate surface area is 114 Å². The van der Waals surface area contributed by atoms with Crippen molar-refractivity contribution in [1.29, 1.82) is 0 Å². The summed E-state index contributed by atoms with van der Waals surface area (Å²) in [4.78, 5) is 0. The number of hydrogen-bond donors (Lipinski definition) is 1. The highest BCUT2D eigenvalue weighted by atomic mass is 14.9. The van der Waals surface area contributed by atoms with Gasteiger partial charge in [-0.15, -0.1) is 0 Å². The molecule has 0 amide bonds. The molecule has 2 aliphatic rings. The average molecular weight is 251 g/mol. The van der Waals surface area contributed by atoms with E-state index in [1.165, 1.54) is 51.5 Å². The highest BCUT2D eigenvalue weighted by Crippen LogP contribution is 2.38. The van der Waals surface area contributed by atoms with Crippen molar-refractivity contribution in [2.75, 3.05) is 6.54 Å². The summed E-state index contributed by atoms with van der Waals surface area (Å²) >= 11 is 0. The van der Waals surface area contributed by atoms with Gasteiger partial charge in [-0.25, -0.2) is 0 Å². The van der Waals surface area contributed by atoms with E-state index < -0.39 is 0 Å². The molecular formula is C17H33N. The molecule has 2 unspecified atom stereocenters. The van der Waals surface area contributed by atoms with Gasteiger partial charge in [0.1, 0.15) is 0 Å². The van der Waals surface area contributed by atoms with Crippen molar-refractivity contribution in [3.8, 4) is 0 Å². The van der Waals surface area contributed by atoms with Crippen molar-refractivity contribution in [3.63, 3.8) is 0 Å². The fourth-order valence-electron chi connectivity index (χ4n) is 4.10. The molecule has 2 aliphatic carbocycles. The third-order valence-corrected chi connectivity index (χ3v) is 5.50. The second-order valence-electron chi connectivity index (χ2n) is 8.02. The van der Waals surface area contributed by atoms with E-state index in [4.69, 9.17) is 0 Å². The van der Waals surface area contributed by atoms with E-state index in [9.17, 15) is 0 Å². The zero-order chi connectivity index (χ0) is 13.2. The Morgan fingerprint density at radius 2 is 1.67 bits per heavy atom. The summed E-state index contributed by atoms with van der Waals surface area (Å²) in [5.74, 6) is 2.80. The molecule has 0 aromatic rings. The lowest BCUT2D eigenvalue weighted by Gasteiger charge is -2.40. The summed E-state index contributed by atoms with van der Waals surface area (Å²) in [5.41, 5.74) is 0.581. The van der Waals surface area contributed by atoms with Gasteiger partial charge in [-0.1, -0.05) is 40.5 Å². The van der Waals surface area contributed by atoms with Gasteiger partial charge in [0, 0.05) is 6.04 Å². The van der Waals surface area contributed by atoms with E-state index in [-0.39, 0.29) is 0 Å². The molecule has 0 bridgehead atoms. The molecule has 0 heterocycles. The summed E-state index contributed by atoms with van der Waals surface area (Å²) in [6.07, 6.45) is 10.0. The van der Waals surface area contributed by atoms with Crippen molar-refractivity contribution in [3.05, 3.63) is 0 Å². The van der Waals surface area contributed by atoms with E-state index in [2.05, 4.69) is 33.0 Å². The van der Waals surface area contributed by atoms with Crippen LogP contribution in [-0.4, -0.2) is 12.6 Å². The summed E-state index contributed by atoms with van der Waals surface area (Å²) in [6, 6.07) is 0.789. The molecule has 1 N–H and O–H groups in total. The standard InChI is InChI=1S/C17H33N/c1-13-5-7-15(8-6-13)12-18-16-9-10-17(3,4)11-14(16)2/h13-16,18H,5-12H2,1-4H3. The van der Waals surface area contributed by atoms with Gasteiger partial charge in [0.2, 0.25) is 0 Å². The van der Waals surface area contributed by atoms with Gasteiger partial charge in [-0.3, -0.25) is 0 Å². The maximum Gasteiger partial charge on any atom is 0.00932 e. The van der Waals surface area contributed by atoms with E-state index in [0.29, 0.717) is 5.41 Å². The quantitative estimate of drug-likeness (QED) is 0.772. The van der Waals surface area contributed by atoms with Crippen LogP contribution in [0, 0.1) is 23.2 Å². The van der Waals surface area contributed by atoms with Crippen LogP contribution in [0.3, 0.4) is 0 Å². The minimum absolute atomic E-state index is 0.581. The first-order chi connectivity index (χ1) is 8.46. The molecule has 0 spiro atoms. The third-order valence-electron chi connectivity index (χ3n) is 5.50. The zero-order valence-electron chi connectivity index (χ0n) is 13.0. The Morgan fingerprint density at radius 1 is 1.00 bits per heavy atom. The molecule has 0 saturated heterocycles. The third kappa shape index (κ3) is 3.98. The monoisotopic (exact) mass is 251 g/mol. The molecule has 1 heteroatoms. The van der Waals surface area contributed by atoms with Gasteiger partial charge >= 0.3 is 0 Å². The van der Waals surface area contributed by atoms with Gasteiger partial charge in [-0.2, -0.15) is 0 Å². The summed E-state index contributed by atoms with van der Waals surface area (Å²) in [6.45, 7) is 11.0. The van der Waals surface area contributed by atoms with Crippen LogP contribution in [0.25, 0.3) is 0 Å². The number of hydrogen-bond acceptors (Lipinski definition) is 1. The largest absolute Gasteiger partial charge is 0.313 e. The highest BCUT2D eigenvalue weighted by molar-refractivity contribution is 4.87. The summed E-state index contributed by atoms with van der Waals surface area (Å²) in [7, 11) is 0. The van der Waals surface area contributed by atoms with E-state index in [0.717, 1.165) is 23.8 Å². The molecule has 18 heavy (non-hydrogen) atoms. The van der Waals surface area contributed by atoms with Crippen molar-refractivity contribution in [2.24, 2.45) is 23.2 Å². The van der Waals surface area contributed by atoms with Crippen LogP contribution in [0.1, 0.15) is 72.6 Å². The van der Waals surface area contributed by atoms with Gasteiger partial charge in [-0.05, 0) is 61.8 Å². The Bertz CT molecular complexity index is 250. The maximum atomic E-state index is 3.89. The molecule has 2 rings (SSSR count). The molecular weight excluding hydrogens is 218 g/mol. The summed E-state index contributed by atoms with van der Waals surface area (Å²) in [5, 5.41) is 3.89. The van der Waals surface area contributed by atoms with Gasteiger partial charge in [0.05, 0.1) is 0 Å². The Balaban J connectivity index is 1.71. The van der Waals surface area contributed by atoms with Crippen LogP contribution in [0.15, 0.2) is 0 Å². The molecule has 2 saturated carbocycles. The molecule has 2 atom stereocenters. The average Bonchev–Trinajstić information content (AvgIpc) is 2.29. The van der Waals surface area contributed by atoms with Crippen LogP contribution in [0.2, 0.25) is 0 Å². The second kappa shape index (κ2) is 5.94. The van der Waals surface area contributed by atoms with E-state index in [1.54, 1.807) is 0 Å². The molecule has 1 nitrogen and oxygen atoms in total. The highest BCUT2D eigenvalue weighted by Gasteiger charge is 2.32.